The first kappa shape index (κ1) is 12.0. The van der Waals surface area contributed by atoms with Crippen molar-refractivity contribution in [2.75, 3.05) is 10.6 Å². The Morgan fingerprint density at radius 2 is 1.67 bits per heavy atom. The van der Waals surface area contributed by atoms with E-state index in [1.165, 1.54) is 28.6 Å². The van der Waals surface area contributed by atoms with Crippen molar-refractivity contribution in [1.29, 1.82) is 0 Å². The van der Waals surface area contributed by atoms with Gasteiger partial charge in [0.15, 0.2) is 0 Å². The fourth-order valence-corrected chi connectivity index (χ4v) is 2.73. The van der Waals surface area contributed by atoms with E-state index in [1.54, 1.807) is 13.8 Å². The van der Waals surface area contributed by atoms with Crippen LogP contribution in [0.4, 0.5) is 10.1 Å². The molecule has 1 aromatic carbocycles. The molecule has 0 aliphatic heterocycles. The van der Waals surface area contributed by atoms with Crippen molar-refractivity contribution in [3.63, 3.8) is 0 Å². The highest BCUT2D eigenvalue weighted by Gasteiger charge is 2.20. The van der Waals surface area contributed by atoms with E-state index in [-0.39, 0.29) is 11.9 Å². The van der Waals surface area contributed by atoms with Gasteiger partial charge in [0.1, 0.15) is 5.82 Å². The third kappa shape index (κ3) is 2.92. The number of rotatable bonds is 3. The Labute approximate surface area is 89.6 Å². The molecule has 15 heavy (non-hydrogen) atoms. The zero-order valence-corrected chi connectivity index (χ0v) is 9.75. The van der Waals surface area contributed by atoms with Crippen LogP contribution in [-0.2, 0) is 10.0 Å². The average Bonchev–Trinajstić information content (AvgIpc) is 2.05. The normalized spacial score (nSPS) is 11.8. The molecule has 1 rings (SSSR count). The van der Waals surface area contributed by atoms with Crippen molar-refractivity contribution in [1.82, 2.24) is 0 Å². The maximum Gasteiger partial charge on any atom is 0.232 e. The molecule has 0 aliphatic rings. The van der Waals surface area contributed by atoms with Crippen LogP contribution in [-0.4, -0.2) is 20.7 Å². The van der Waals surface area contributed by atoms with Crippen LogP contribution in [0.25, 0.3) is 0 Å². The summed E-state index contributed by atoms with van der Waals surface area (Å²) in [5.74, 6) is -0.379. The second-order valence-electron chi connectivity index (χ2n) is 3.63. The highest BCUT2D eigenvalue weighted by Crippen LogP contribution is 2.20. The van der Waals surface area contributed by atoms with Gasteiger partial charge in [-0.25, -0.2) is 12.8 Å². The van der Waals surface area contributed by atoms with Gasteiger partial charge in [-0.2, -0.15) is 0 Å². The SMILES string of the molecule is CC(C)N(c1ccc(F)cc1)S(C)(=O)=O. The molecule has 0 atom stereocenters. The Morgan fingerprint density at radius 1 is 1.20 bits per heavy atom. The van der Waals surface area contributed by atoms with Gasteiger partial charge in [-0.1, -0.05) is 0 Å². The molecule has 0 aliphatic carbocycles. The van der Waals surface area contributed by atoms with Gasteiger partial charge < -0.3 is 0 Å². The van der Waals surface area contributed by atoms with Gasteiger partial charge in [0.05, 0.1) is 11.9 Å². The van der Waals surface area contributed by atoms with Gasteiger partial charge in [0.25, 0.3) is 0 Å². The van der Waals surface area contributed by atoms with Gasteiger partial charge in [-0.05, 0) is 38.1 Å². The summed E-state index contributed by atoms with van der Waals surface area (Å²) in [5.41, 5.74) is 0.480. The lowest BCUT2D eigenvalue weighted by Crippen LogP contribution is -2.36. The molecule has 0 amide bonds. The molecular weight excluding hydrogens is 217 g/mol. The van der Waals surface area contributed by atoms with Crippen molar-refractivity contribution in [3.05, 3.63) is 30.1 Å². The Hall–Kier alpha value is -1.10. The molecule has 5 heteroatoms. The summed E-state index contributed by atoms with van der Waals surface area (Å²) in [6.07, 6.45) is 1.14. The number of sulfonamides is 1. The van der Waals surface area contributed by atoms with Gasteiger partial charge in [-0.15, -0.1) is 0 Å². The molecule has 0 unspecified atom stereocenters. The smallest absolute Gasteiger partial charge is 0.232 e. The van der Waals surface area contributed by atoms with Crippen LogP contribution in [0.3, 0.4) is 0 Å². The van der Waals surface area contributed by atoms with E-state index in [2.05, 4.69) is 0 Å². The molecule has 0 aromatic heterocycles. The minimum absolute atomic E-state index is 0.189. The van der Waals surface area contributed by atoms with Crippen LogP contribution < -0.4 is 4.31 Å². The lowest BCUT2D eigenvalue weighted by Gasteiger charge is -2.26. The van der Waals surface area contributed by atoms with Crippen molar-refractivity contribution in [2.45, 2.75) is 19.9 Å². The number of anilines is 1. The fourth-order valence-electron chi connectivity index (χ4n) is 1.46. The number of halogens is 1. The molecule has 84 valence electrons. The molecule has 0 saturated heterocycles. The van der Waals surface area contributed by atoms with Crippen LogP contribution in [0.15, 0.2) is 24.3 Å². The largest absolute Gasteiger partial charge is 0.268 e. The lowest BCUT2D eigenvalue weighted by atomic mass is 10.3. The Kier molecular flexibility index (Phi) is 3.34. The second-order valence-corrected chi connectivity index (χ2v) is 5.49. The zero-order chi connectivity index (χ0) is 11.6. The first-order valence-electron chi connectivity index (χ1n) is 4.57. The highest BCUT2D eigenvalue weighted by molar-refractivity contribution is 7.92. The van der Waals surface area contributed by atoms with E-state index in [9.17, 15) is 12.8 Å². The standard InChI is InChI=1S/C10H14FNO2S/c1-8(2)12(15(3,13)14)10-6-4-9(11)5-7-10/h4-8H,1-3H3. The molecule has 0 radical (unpaired) electrons. The summed E-state index contributed by atoms with van der Waals surface area (Å²) in [7, 11) is -3.32. The minimum atomic E-state index is -3.32. The van der Waals surface area contributed by atoms with Crippen LogP contribution >= 0.6 is 0 Å². The summed E-state index contributed by atoms with van der Waals surface area (Å²) in [5, 5.41) is 0. The first-order valence-corrected chi connectivity index (χ1v) is 6.42. The van der Waals surface area contributed by atoms with Gasteiger partial charge in [0, 0.05) is 6.04 Å². The van der Waals surface area contributed by atoms with Gasteiger partial charge in [-0.3, -0.25) is 4.31 Å². The number of hydrogen-bond acceptors (Lipinski definition) is 2. The van der Waals surface area contributed by atoms with Crippen LogP contribution in [0.2, 0.25) is 0 Å². The molecule has 0 fully saturated rings. The topological polar surface area (TPSA) is 37.4 Å². The molecule has 3 nitrogen and oxygen atoms in total. The van der Waals surface area contributed by atoms with Crippen molar-refractivity contribution >= 4 is 15.7 Å². The number of benzene rings is 1. The van der Waals surface area contributed by atoms with E-state index in [0.717, 1.165) is 6.26 Å². The first-order chi connectivity index (χ1) is 6.82. The quantitative estimate of drug-likeness (QED) is 0.798. The van der Waals surface area contributed by atoms with E-state index in [1.807, 2.05) is 0 Å². The van der Waals surface area contributed by atoms with Gasteiger partial charge in [0.2, 0.25) is 10.0 Å². The fraction of sp³-hybridized carbons (Fsp3) is 0.400. The average molecular weight is 231 g/mol. The Balaban J connectivity index is 3.17. The van der Waals surface area contributed by atoms with Crippen LogP contribution in [0, 0.1) is 5.82 Å². The summed E-state index contributed by atoms with van der Waals surface area (Å²) in [4.78, 5) is 0. The summed E-state index contributed by atoms with van der Waals surface area (Å²) in [6, 6.07) is 5.21. The molecule has 0 saturated carbocycles. The number of nitrogens with zero attached hydrogens (tertiary/aromatic N) is 1. The molecule has 0 N–H and O–H groups in total. The molecular formula is C10H14FNO2S. The van der Waals surface area contributed by atoms with E-state index in [4.69, 9.17) is 0 Å². The van der Waals surface area contributed by atoms with Crippen LogP contribution in [0.5, 0.6) is 0 Å². The number of hydrogen-bond donors (Lipinski definition) is 0. The summed E-state index contributed by atoms with van der Waals surface area (Å²) < 4.78 is 36.9. The van der Waals surface area contributed by atoms with E-state index < -0.39 is 10.0 Å². The summed E-state index contributed by atoms with van der Waals surface area (Å²) >= 11 is 0. The maximum atomic E-state index is 12.7. The van der Waals surface area contributed by atoms with Crippen molar-refractivity contribution in [3.8, 4) is 0 Å². The molecule has 0 bridgehead atoms. The third-order valence-corrected chi connectivity index (χ3v) is 3.25. The lowest BCUT2D eigenvalue weighted by molar-refractivity contribution is 0.589. The van der Waals surface area contributed by atoms with Crippen molar-refractivity contribution < 1.29 is 12.8 Å². The minimum Gasteiger partial charge on any atom is -0.268 e. The monoisotopic (exact) mass is 231 g/mol. The third-order valence-electron chi connectivity index (χ3n) is 1.91. The van der Waals surface area contributed by atoms with Crippen LogP contribution in [0.1, 0.15) is 13.8 Å². The maximum absolute atomic E-state index is 12.7. The van der Waals surface area contributed by atoms with Crippen molar-refractivity contribution in [2.24, 2.45) is 0 Å². The van der Waals surface area contributed by atoms with E-state index >= 15 is 0 Å². The molecule has 0 heterocycles. The summed E-state index contributed by atoms with van der Waals surface area (Å²) in [6.45, 7) is 3.54. The predicted molar refractivity (Wildman–Crippen MR) is 58.9 cm³/mol. The molecule has 1 aromatic rings. The zero-order valence-electron chi connectivity index (χ0n) is 8.94. The van der Waals surface area contributed by atoms with Gasteiger partial charge >= 0.3 is 0 Å². The van der Waals surface area contributed by atoms with E-state index in [0.29, 0.717) is 5.69 Å². The predicted octanol–water partition coefficient (Wildman–Crippen LogP) is 2.00. The second kappa shape index (κ2) is 4.18. The Morgan fingerprint density at radius 3 is 2.00 bits per heavy atom. The molecule has 0 spiro atoms. The highest BCUT2D eigenvalue weighted by atomic mass is 32.2. The Bertz CT molecular complexity index is 425.